The SMILES string of the molecule is CCCOc1ccc(CNC(=O)c2n[nH]nc2Nc2ccccc2F)cc1. The maximum atomic E-state index is 13.8. The zero-order valence-corrected chi connectivity index (χ0v) is 14.8. The fraction of sp³-hybridized carbons (Fsp3) is 0.211. The van der Waals surface area contributed by atoms with Gasteiger partial charge in [-0.05, 0) is 36.2 Å². The standard InChI is InChI=1S/C19H20FN5O2/c1-2-11-27-14-9-7-13(8-10-14)12-21-19(26)17-18(24-25-23-17)22-16-6-4-3-5-15(16)20/h3-10H,2,11-12H2,1H3,(H,21,26)(H2,22,23,24,25). The lowest BCUT2D eigenvalue weighted by molar-refractivity contribution is 0.0946. The molecule has 1 aromatic heterocycles. The number of ether oxygens (including phenoxy) is 1. The molecular weight excluding hydrogens is 349 g/mol. The highest BCUT2D eigenvalue weighted by molar-refractivity contribution is 5.97. The number of amides is 1. The quantitative estimate of drug-likeness (QED) is 0.566. The number of carbonyl (C=O) groups excluding carboxylic acids is 1. The molecule has 0 saturated heterocycles. The van der Waals surface area contributed by atoms with Gasteiger partial charge in [0.25, 0.3) is 5.91 Å². The zero-order chi connectivity index (χ0) is 19.1. The summed E-state index contributed by atoms with van der Waals surface area (Å²) in [4.78, 5) is 12.4. The number of anilines is 2. The summed E-state index contributed by atoms with van der Waals surface area (Å²) in [6.45, 7) is 3.03. The van der Waals surface area contributed by atoms with Gasteiger partial charge in [0.2, 0.25) is 0 Å². The van der Waals surface area contributed by atoms with Crippen molar-refractivity contribution in [3.8, 4) is 5.75 Å². The molecule has 3 aromatic rings. The molecule has 0 atom stereocenters. The number of benzene rings is 2. The summed E-state index contributed by atoms with van der Waals surface area (Å²) >= 11 is 0. The largest absolute Gasteiger partial charge is 0.494 e. The summed E-state index contributed by atoms with van der Waals surface area (Å²) in [5, 5.41) is 15.6. The van der Waals surface area contributed by atoms with E-state index in [1.54, 1.807) is 18.2 Å². The van der Waals surface area contributed by atoms with Gasteiger partial charge < -0.3 is 15.4 Å². The summed E-state index contributed by atoms with van der Waals surface area (Å²) in [5.74, 6) is 0.0758. The second-order valence-electron chi connectivity index (χ2n) is 5.80. The predicted octanol–water partition coefficient (Wildman–Crippen LogP) is 3.41. The number of halogens is 1. The van der Waals surface area contributed by atoms with Crippen molar-refractivity contribution in [3.05, 3.63) is 65.6 Å². The second-order valence-corrected chi connectivity index (χ2v) is 5.80. The van der Waals surface area contributed by atoms with Crippen LogP contribution in [0.2, 0.25) is 0 Å². The Morgan fingerprint density at radius 1 is 1.15 bits per heavy atom. The van der Waals surface area contributed by atoms with Crippen molar-refractivity contribution in [2.24, 2.45) is 0 Å². The Kier molecular flexibility index (Phi) is 5.98. The average Bonchev–Trinajstić information content (AvgIpc) is 3.15. The number of H-pyrrole nitrogens is 1. The average molecular weight is 369 g/mol. The molecule has 8 heteroatoms. The van der Waals surface area contributed by atoms with Crippen LogP contribution in [-0.2, 0) is 6.54 Å². The Morgan fingerprint density at radius 3 is 2.67 bits per heavy atom. The number of carbonyl (C=O) groups is 1. The molecule has 0 bridgehead atoms. The van der Waals surface area contributed by atoms with Crippen LogP contribution in [0.15, 0.2) is 48.5 Å². The van der Waals surface area contributed by atoms with Gasteiger partial charge in [-0.2, -0.15) is 5.21 Å². The molecule has 2 aromatic carbocycles. The molecule has 3 N–H and O–H groups in total. The van der Waals surface area contributed by atoms with Crippen LogP contribution in [0.1, 0.15) is 29.4 Å². The number of hydrogen-bond acceptors (Lipinski definition) is 5. The normalized spacial score (nSPS) is 10.4. The third-order valence-electron chi connectivity index (χ3n) is 3.74. The maximum Gasteiger partial charge on any atom is 0.275 e. The van der Waals surface area contributed by atoms with Crippen LogP contribution in [0.3, 0.4) is 0 Å². The molecule has 3 rings (SSSR count). The molecule has 0 radical (unpaired) electrons. The van der Waals surface area contributed by atoms with Crippen LogP contribution in [0.25, 0.3) is 0 Å². The van der Waals surface area contributed by atoms with E-state index in [0.717, 1.165) is 17.7 Å². The molecule has 0 unspecified atom stereocenters. The van der Waals surface area contributed by atoms with Crippen molar-refractivity contribution in [1.82, 2.24) is 20.7 Å². The van der Waals surface area contributed by atoms with Gasteiger partial charge in [0.1, 0.15) is 11.6 Å². The Balaban J connectivity index is 1.60. The van der Waals surface area contributed by atoms with E-state index in [4.69, 9.17) is 4.74 Å². The third kappa shape index (κ3) is 4.81. The fourth-order valence-corrected chi connectivity index (χ4v) is 2.36. The van der Waals surface area contributed by atoms with E-state index in [1.165, 1.54) is 6.07 Å². The molecule has 0 saturated carbocycles. The van der Waals surface area contributed by atoms with Gasteiger partial charge in [0.05, 0.1) is 12.3 Å². The second kappa shape index (κ2) is 8.79. The molecule has 1 amide bonds. The Bertz CT molecular complexity index is 895. The van der Waals surface area contributed by atoms with E-state index in [-0.39, 0.29) is 17.2 Å². The highest BCUT2D eigenvalue weighted by Crippen LogP contribution is 2.19. The molecule has 1 heterocycles. The molecule has 0 aliphatic rings. The smallest absolute Gasteiger partial charge is 0.275 e. The third-order valence-corrected chi connectivity index (χ3v) is 3.74. The molecule has 0 fully saturated rings. The number of rotatable bonds is 8. The van der Waals surface area contributed by atoms with Crippen molar-refractivity contribution in [2.75, 3.05) is 11.9 Å². The minimum absolute atomic E-state index is 0.0566. The van der Waals surface area contributed by atoms with Crippen molar-refractivity contribution in [1.29, 1.82) is 0 Å². The summed E-state index contributed by atoms with van der Waals surface area (Å²) in [6.07, 6.45) is 0.943. The lowest BCUT2D eigenvalue weighted by atomic mass is 10.2. The van der Waals surface area contributed by atoms with Crippen molar-refractivity contribution in [2.45, 2.75) is 19.9 Å². The lowest BCUT2D eigenvalue weighted by Crippen LogP contribution is -2.24. The number of nitrogens with zero attached hydrogens (tertiary/aromatic N) is 2. The topological polar surface area (TPSA) is 91.9 Å². The van der Waals surface area contributed by atoms with E-state index in [1.807, 2.05) is 31.2 Å². The molecule has 27 heavy (non-hydrogen) atoms. The van der Waals surface area contributed by atoms with Crippen LogP contribution >= 0.6 is 0 Å². The molecule has 7 nitrogen and oxygen atoms in total. The van der Waals surface area contributed by atoms with Gasteiger partial charge in [0, 0.05) is 6.54 Å². The van der Waals surface area contributed by atoms with E-state index in [2.05, 4.69) is 26.0 Å². The summed E-state index contributed by atoms with van der Waals surface area (Å²) in [6, 6.07) is 13.6. The minimum Gasteiger partial charge on any atom is -0.494 e. The van der Waals surface area contributed by atoms with Crippen LogP contribution < -0.4 is 15.4 Å². The van der Waals surface area contributed by atoms with E-state index in [0.29, 0.717) is 13.2 Å². The van der Waals surface area contributed by atoms with E-state index < -0.39 is 11.7 Å². The summed E-state index contributed by atoms with van der Waals surface area (Å²) < 4.78 is 19.3. The summed E-state index contributed by atoms with van der Waals surface area (Å²) in [5.41, 5.74) is 1.18. The first-order chi connectivity index (χ1) is 13.2. The van der Waals surface area contributed by atoms with Crippen molar-refractivity contribution >= 4 is 17.4 Å². The van der Waals surface area contributed by atoms with Gasteiger partial charge in [-0.15, -0.1) is 10.2 Å². The first-order valence-electron chi connectivity index (χ1n) is 8.59. The molecule has 0 aliphatic heterocycles. The van der Waals surface area contributed by atoms with Gasteiger partial charge in [-0.3, -0.25) is 4.79 Å². The monoisotopic (exact) mass is 369 g/mol. The molecule has 0 aliphatic carbocycles. The highest BCUT2D eigenvalue weighted by Gasteiger charge is 2.17. The molecular formula is C19H20FN5O2. The number of aromatic amines is 1. The molecule has 140 valence electrons. The molecule has 0 spiro atoms. The zero-order valence-electron chi connectivity index (χ0n) is 14.8. The van der Waals surface area contributed by atoms with Gasteiger partial charge >= 0.3 is 0 Å². The van der Waals surface area contributed by atoms with Gasteiger partial charge in [-0.25, -0.2) is 4.39 Å². The van der Waals surface area contributed by atoms with Crippen LogP contribution in [0, 0.1) is 5.82 Å². The highest BCUT2D eigenvalue weighted by atomic mass is 19.1. The van der Waals surface area contributed by atoms with Gasteiger partial charge in [0.15, 0.2) is 11.5 Å². The number of aromatic nitrogens is 3. The lowest BCUT2D eigenvalue weighted by Gasteiger charge is -2.08. The van der Waals surface area contributed by atoms with Crippen LogP contribution in [0.5, 0.6) is 5.75 Å². The van der Waals surface area contributed by atoms with E-state index >= 15 is 0 Å². The fourth-order valence-electron chi connectivity index (χ4n) is 2.36. The van der Waals surface area contributed by atoms with Crippen LogP contribution in [-0.4, -0.2) is 27.9 Å². The minimum atomic E-state index is -0.447. The van der Waals surface area contributed by atoms with Gasteiger partial charge in [-0.1, -0.05) is 31.2 Å². The maximum absolute atomic E-state index is 13.8. The summed E-state index contributed by atoms with van der Waals surface area (Å²) in [7, 11) is 0. The van der Waals surface area contributed by atoms with Crippen molar-refractivity contribution in [3.63, 3.8) is 0 Å². The number of nitrogens with one attached hydrogen (secondary N) is 3. The van der Waals surface area contributed by atoms with Crippen LogP contribution in [0.4, 0.5) is 15.9 Å². The number of hydrogen-bond donors (Lipinski definition) is 3. The first-order valence-corrected chi connectivity index (χ1v) is 8.59. The predicted molar refractivity (Wildman–Crippen MR) is 99.5 cm³/mol. The Labute approximate surface area is 155 Å². The van der Waals surface area contributed by atoms with E-state index in [9.17, 15) is 9.18 Å². The van der Waals surface area contributed by atoms with Crippen molar-refractivity contribution < 1.29 is 13.9 Å². The Morgan fingerprint density at radius 2 is 1.93 bits per heavy atom. The number of para-hydroxylation sites is 1. The first kappa shape index (κ1) is 18.4. The Hall–Kier alpha value is -3.42.